The maximum atomic E-state index is 13.5. The summed E-state index contributed by atoms with van der Waals surface area (Å²) in [5.41, 5.74) is 2.74. The van der Waals surface area contributed by atoms with Crippen LogP contribution in [0.1, 0.15) is 37.5 Å². The summed E-state index contributed by atoms with van der Waals surface area (Å²) >= 11 is 4.58. The van der Waals surface area contributed by atoms with Crippen LogP contribution in [0, 0.1) is 0 Å². The molecule has 1 aromatic heterocycles. The molecular weight excluding hydrogens is 465 g/mol. The van der Waals surface area contributed by atoms with Crippen LogP contribution in [0.5, 0.6) is 5.75 Å². The molecule has 3 aromatic rings. The molecule has 0 aliphatic rings. The fraction of sp³-hybridized carbons (Fsp3) is 0.333. The van der Waals surface area contributed by atoms with E-state index in [0.717, 1.165) is 40.7 Å². The highest BCUT2D eigenvalue weighted by molar-refractivity contribution is 9.08. The fourth-order valence-electron chi connectivity index (χ4n) is 3.08. The van der Waals surface area contributed by atoms with E-state index in [1.54, 1.807) is 19.9 Å². The summed E-state index contributed by atoms with van der Waals surface area (Å²) < 4.78 is 50.3. The monoisotopic (exact) mass is 484 g/mol. The number of aromatic nitrogens is 2. The van der Waals surface area contributed by atoms with Gasteiger partial charge in [0.1, 0.15) is 10.8 Å². The summed E-state index contributed by atoms with van der Waals surface area (Å²) in [6.07, 6.45) is -4.07. The van der Waals surface area contributed by atoms with Gasteiger partial charge in [-0.1, -0.05) is 41.1 Å². The van der Waals surface area contributed by atoms with Crippen molar-refractivity contribution in [3.8, 4) is 27.7 Å². The third-order valence-electron chi connectivity index (χ3n) is 4.33. The number of halogens is 4. The number of hydrogen-bond donors (Lipinski definition) is 0. The summed E-state index contributed by atoms with van der Waals surface area (Å²) in [5.74, 6) is 0.347. The van der Waals surface area contributed by atoms with Gasteiger partial charge in [-0.15, -0.1) is 0 Å². The molecule has 0 atom stereocenters. The van der Waals surface area contributed by atoms with Crippen molar-refractivity contribution >= 4 is 27.5 Å². The zero-order valence-electron chi connectivity index (χ0n) is 16.2. The standard InChI is InChI=1S/C21H20BrF3N2OS/c1-4-15-14(11-22)6-5-7-16(15)19-26-20(29-27-19)13-8-9-18(28-12(2)3)17(10-13)21(23,24)25/h5-10,12H,4,11H2,1-3H3. The van der Waals surface area contributed by atoms with Gasteiger partial charge in [-0.3, -0.25) is 0 Å². The number of rotatable bonds is 6. The van der Waals surface area contributed by atoms with E-state index in [0.29, 0.717) is 21.7 Å². The Labute approximate surface area is 180 Å². The van der Waals surface area contributed by atoms with Crippen molar-refractivity contribution in [2.75, 3.05) is 0 Å². The first-order valence-corrected chi connectivity index (χ1v) is 11.0. The van der Waals surface area contributed by atoms with Crippen LogP contribution in [0.4, 0.5) is 13.2 Å². The largest absolute Gasteiger partial charge is 0.490 e. The lowest BCUT2D eigenvalue weighted by Crippen LogP contribution is -2.13. The molecule has 0 N–H and O–H groups in total. The minimum absolute atomic E-state index is 0.181. The van der Waals surface area contributed by atoms with E-state index >= 15 is 0 Å². The van der Waals surface area contributed by atoms with Gasteiger partial charge in [0.05, 0.1) is 11.7 Å². The van der Waals surface area contributed by atoms with Crippen LogP contribution in [0.25, 0.3) is 22.0 Å². The number of ether oxygens (including phenoxy) is 1. The summed E-state index contributed by atoms with van der Waals surface area (Å²) in [5, 5.41) is 1.15. The quantitative estimate of drug-likeness (QED) is 0.348. The Balaban J connectivity index is 2.03. The summed E-state index contributed by atoms with van der Waals surface area (Å²) in [4.78, 5) is 4.53. The molecule has 0 aliphatic carbocycles. The zero-order chi connectivity index (χ0) is 21.2. The molecule has 0 unspecified atom stereocenters. The Morgan fingerprint density at radius 3 is 2.55 bits per heavy atom. The van der Waals surface area contributed by atoms with Gasteiger partial charge in [0, 0.05) is 16.5 Å². The van der Waals surface area contributed by atoms with E-state index in [1.807, 2.05) is 18.2 Å². The second-order valence-electron chi connectivity index (χ2n) is 6.73. The fourth-order valence-corrected chi connectivity index (χ4v) is 4.28. The average Bonchev–Trinajstić information content (AvgIpc) is 3.16. The topological polar surface area (TPSA) is 35.0 Å². The van der Waals surface area contributed by atoms with Gasteiger partial charge in [-0.25, -0.2) is 4.98 Å². The molecule has 0 saturated carbocycles. The average molecular weight is 485 g/mol. The molecule has 0 fully saturated rings. The smallest absolute Gasteiger partial charge is 0.419 e. The Bertz CT molecular complexity index is 1000. The zero-order valence-corrected chi connectivity index (χ0v) is 18.6. The lowest BCUT2D eigenvalue weighted by Gasteiger charge is -2.16. The predicted octanol–water partition coefficient (Wildman–Crippen LogP) is 7.14. The highest BCUT2D eigenvalue weighted by Gasteiger charge is 2.35. The van der Waals surface area contributed by atoms with Crippen LogP contribution < -0.4 is 4.74 Å². The molecule has 3 nitrogen and oxygen atoms in total. The van der Waals surface area contributed by atoms with Crippen molar-refractivity contribution in [3.05, 3.63) is 53.1 Å². The molecule has 0 amide bonds. The maximum Gasteiger partial charge on any atom is 0.419 e. The number of alkyl halides is 4. The highest BCUT2D eigenvalue weighted by Crippen LogP contribution is 2.40. The van der Waals surface area contributed by atoms with Crippen molar-refractivity contribution in [2.45, 2.75) is 44.8 Å². The van der Waals surface area contributed by atoms with Gasteiger partial charge in [0.2, 0.25) is 0 Å². The Morgan fingerprint density at radius 2 is 1.93 bits per heavy atom. The first kappa shape index (κ1) is 21.8. The first-order chi connectivity index (χ1) is 13.7. The van der Waals surface area contributed by atoms with E-state index in [4.69, 9.17) is 4.74 Å². The van der Waals surface area contributed by atoms with Crippen LogP contribution in [0.2, 0.25) is 0 Å². The molecule has 0 aliphatic heterocycles. The predicted molar refractivity (Wildman–Crippen MR) is 114 cm³/mol. The van der Waals surface area contributed by atoms with Crippen molar-refractivity contribution in [3.63, 3.8) is 0 Å². The summed E-state index contributed by atoms with van der Waals surface area (Å²) in [7, 11) is 0. The van der Waals surface area contributed by atoms with Crippen molar-refractivity contribution in [1.29, 1.82) is 0 Å². The minimum Gasteiger partial charge on any atom is -0.490 e. The van der Waals surface area contributed by atoms with Crippen LogP contribution in [-0.4, -0.2) is 15.5 Å². The number of hydrogen-bond acceptors (Lipinski definition) is 4. The molecule has 3 rings (SSSR count). The third-order valence-corrected chi connectivity index (χ3v) is 5.70. The number of benzene rings is 2. The van der Waals surface area contributed by atoms with Crippen LogP contribution in [-0.2, 0) is 17.9 Å². The normalized spacial score (nSPS) is 11.9. The van der Waals surface area contributed by atoms with Gasteiger partial charge in [-0.05, 0) is 61.1 Å². The van der Waals surface area contributed by atoms with Crippen molar-refractivity contribution in [2.24, 2.45) is 0 Å². The van der Waals surface area contributed by atoms with E-state index < -0.39 is 11.7 Å². The van der Waals surface area contributed by atoms with Crippen molar-refractivity contribution < 1.29 is 17.9 Å². The van der Waals surface area contributed by atoms with Crippen LogP contribution in [0.15, 0.2) is 36.4 Å². The molecule has 1 heterocycles. The molecular formula is C21H20BrF3N2OS. The Hall–Kier alpha value is -1.93. The SMILES string of the molecule is CCc1c(CBr)cccc1-c1nsc(-c2ccc(OC(C)C)c(C(F)(F)F)c2)n1. The lowest BCUT2D eigenvalue weighted by atomic mass is 9.99. The molecule has 2 aromatic carbocycles. The molecule has 8 heteroatoms. The van der Waals surface area contributed by atoms with Crippen molar-refractivity contribution in [1.82, 2.24) is 9.36 Å². The molecule has 154 valence electrons. The Kier molecular flexibility index (Phi) is 6.63. The molecule has 29 heavy (non-hydrogen) atoms. The highest BCUT2D eigenvalue weighted by atomic mass is 79.9. The number of nitrogens with zero attached hydrogens (tertiary/aromatic N) is 2. The minimum atomic E-state index is -4.52. The van der Waals surface area contributed by atoms with E-state index in [2.05, 4.69) is 32.2 Å². The summed E-state index contributed by atoms with van der Waals surface area (Å²) in [6, 6.07) is 9.93. The van der Waals surface area contributed by atoms with Gasteiger partial charge in [-0.2, -0.15) is 17.5 Å². The van der Waals surface area contributed by atoms with Crippen LogP contribution >= 0.6 is 27.5 Å². The first-order valence-electron chi connectivity index (χ1n) is 9.13. The van der Waals surface area contributed by atoms with E-state index in [-0.39, 0.29) is 11.9 Å². The van der Waals surface area contributed by atoms with Gasteiger partial charge < -0.3 is 4.74 Å². The molecule has 0 bridgehead atoms. The molecule has 0 radical (unpaired) electrons. The summed E-state index contributed by atoms with van der Waals surface area (Å²) in [6.45, 7) is 5.44. The van der Waals surface area contributed by atoms with Gasteiger partial charge >= 0.3 is 6.18 Å². The Morgan fingerprint density at radius 1 is 1.17 bits per heavy atom. The molecule has 0 spiro atoms. The van der Waals surface area contributed by atoms with Gasteiger partial charge in [0.15, 0.2) is 5.82 Å². The lowest BCUT2D eigenvalue weighted by molar-refractivity contribution is -0.139. The van der Waals surface area contributed by atoms with Crippen LogP contribution in [0.3, 0.4) is 0 Å². The second-order valence-corrected chi connectivity index (χ2v) is 8.04. The van der Waals surface area contributed by atoms with E-state index in [9.17, 15) is 13.2 Å². The van der Waals surface area contributed by atoms with Gasteiger partial charge in [0.25, 0.3) is 0 Å². The van der Waals surface area contributed by atoms with E-state index in [1.165, 1.54) is 6.07 Å². The maximum absolute atomic E-state index is 13.5. The third kappa shape index (κ3) is 4.80. The second kappa shape index (κ2) is 8.83. The molecule has 0 saturated heterocycles.